The van der Waals surface area contributed by atoms with Gasteiger partial charge in [-0.25, -0.2) is 0 Å². The molecule has 16 heavy (non-hydrogen) atoms. The van der Waals surface area contributed by atoms with E-state index in [1.807, 2.05) is 6.07 Å². The van der Waals surface area contributed by atoms with Crippen molar-refractivity contribution in [3.05, 3.63) is 29.3 Å². The van der Waals surface area contributed by atoms with Crippen LogP contribution in [-0.2, 0) is 6.42 Å². The average molecular weight is 220 g/mol. The molecule has 1 atom stereocenters. The van der Waals surface area contributed by atoms with Gasteiger partial charge in [0, 0.05) is 12.6 Å². The predicted molar refractivity (Wildman–Crippen MR) is 66.0 cm³/mol. The zero-order chi connectivity index (χ0) is 11.4. The molecule has 1 heterocycles. The van der Waals surface area contributed by atoms with Gasteiger partial charge < -0.3 is 15.4 Å². The number of ether oxygens (including phenoxy) is 1. The Morgan fingerprint density at radius 2 is 2.38 bits per heavy atom. The number of fused-ring (bicyclic) bond motifs is 1. The van der Waals surface area contributed by atoms with Gasteiger partial charge in [0.05, 0.1) is 7.11 Å². The maximum Gasteiger partial charge on any atom is 0.119 e. The maximum atomic E-state index is 5.26. The van der Waals surface area contributed by atoms with Crippen molar-refractivity contribution in [2.24, 2.45) is 0 Å². The largest absolute Gasteiger partial charge is 0.497 e. The fourth-order valence-electron chi connectivity index (χ4n) is 2.23. The summed E-state index contributed by atoms with van der Waals surface area (Å²) < 4.78 is 5.26. The number of benzene rings is 1. The van der Waals surface area contributed by atoms with E-state index in [-0.39, 0.29) is 0 Å². The fraction of sp³-hybridized carbons (Fsp3) is 0.538. The highest BCUT2D eigenvalue weighted by Gasteiger charge is 2.19. The number of nitrogens with one attached hydrogen (secondary N) is 2. The number of hydrogen-bond donors (Lipinski definition) is 2. The van der Waals surface area contributed by atoms with Crippen molar-refractivity contribution >= 4 is 0 Å². The van der Waals surface area contributed by atoms with E-state index in [0.717, 1.165) is 31.8 Å². The number of likely N-dealkylation sites (N-methyl/N-ethyl adjacent to an activating group) is 1. The third-order valence-corrected chi connectivity index (χ3v) is 3.11. The number of hydrogen-bond acceptors (Lipinski definition) is 3. The van der Waals surface area contributed by atoms with Crippen LogP contribution in [0.3, 0.4) is 0 Å². The Balaban J connectivity index is 2.18. The number of methoxy groups -OCH3 is 1. The van der Waals surface area contributed by atoms with Crippen LogP contribution in [0.5, 0.6) is 5.75 Å². The van der Waals surface area contributed by atoms with E-state index in [2.05, 4.69) is 29.7 Å². The topological polar surface area (TPSA) is 33.3 Å². The molecule has 3 heteroatoms. The zero-order valence-corrected chi connectivity index (χ0v) is 10.0. The van der Waals surface area contributed by atoms with Crippen molar-refractivity contribution in [2.75, 3.05) is 26.7 Å². The Labute approximate surface area is 97.2 Å². The molecule has 0 radical (unpaired) electrons. The molecule has 2 rings (SSSR count). The minimum absolute atomic E-state index is 0.439. The molecule has 1 aliphatic heterocycles. The fourth-order valence-corrected chi connectivity index (χ4v) is 2.23. The summed E-state index contributed by atoms with van der Waals surface area (Å²) in [5.74, 6) is 0.961. The lowest BCUT2D eigenvalue weighted by molar-refractivity contribution is 0.411. The summed E-state index contributed by atoms with van der Waals surface area (Å²) in [6.07, 6.45) is 1.09. The van der Waals surface area contributed by atoms with Crippen molar-refractivity contribution in [1.29, 1.82) is 0 Å². The van der Waals surface area contributed by atoms with Crippen molar-refractivity contribution in [1.82, 2.24) is 10.6 Å². The quantitative estimate of drug-likeness (QED) is 0.806. The van der Waals surface area contributed by atoms with Crippen LogP contribution in [0.4, 0.5) is 0 Å². The molecule has 0 saturated carbocycles. The molecule has 0 spiro atoms. The van der Waals surface area contributed by atoms with E-state index in [1.165, 1.54) is 11.1 Å². The van der Waals surface area contributed by atoms with Crippen LogP contribution in [0.15, 0.2) is 18.2 Å². The first-order valence-electron chi connectivity index (χ1n) is 5.96. The molecule has 1 unspecified atom stereocenters. The molecule has 88 valence electrons. The Kier molecular flexibility index (Phi) is 3.80. The molecule has 0 bridgehead atoms. The predicted octanol–water partition coefficient (Wildman–Crippen LogP) is 1.49. The lowest BCUT2D eigenvalue weighted by Crippen LogP contribution is -2.36. The smallest absolute Gasteiger partial charge is 0.119 e. The summed E-state index contributed by atoms with van der Waals surface area (Å²) in [6.45, 7) is 5.20. The van der Waals surface area contributed by atoms with E-state index in [0.29, 0.717) is 6.04 Å². The Morgan fingerprint density at radius 1 is 1.50 bits per heavy atom. The van der Waals surface area contributed by atoms with Crippen LogP contribution in [0.1, 0.15) is 24.1 Å². The van der Waals surface area contributed by atoms with Crippen molar-refractivity contribution in [3.63, 3.8) is 0 Å². The maximum absolute atomic E-state index is 5.26. The summed E-state index contributed by atoms with van der Waals surface area (Å²) in [6, 6.07) is 6.83. The standard InChI is InChI=1S/C13H20N2O/c1-3-14-9-13-12-5-4-11(16-2)8-10(12)6-7-15-13/h4-5,8,13-15H,3,6-7,9H2,1-2H3. The molecule has 0 aliphatic carbocycles. The second kappa shape index (κ2) is 5.32. The van der Waals surface area contributed by atoms with Gasteiger partial charge >= 0.3 is 0 Å². The van der Waals surface area contributed by atoms with Crippen molar-refractivity contribution in [2.45, 2.75) is 19.4 Å². The van der Waals surface area contributed by atoms with Gasteiger partial charge in [0.15, 0.2) is 0 Å². The minimum atomic E-state index is 0.439. The van der Waals surface area contributed by atoms with E-state index in [1.54, 1.807) is 7.11 Å². The molecule has 0 aromatic heterocycles. The van der Waals surface area contributed by atoms with Crippen molar-refractivity contribution < 1.29 is 4.74 Å². The van der Waals surface area contributed by atoms with Gasteiger partial charge in [-0.2, -0.15) is 0 Å². The van der Waals surface area contributed by atoms with E-state index < -0.39 is 0 Å². The van der Waals surface area contributed by atoms with E-state index >= 15 is 0 Å². The number of rotatable bonds is 4. The summed E-state index contributed by atoms with van der Waals surface area (Å²) in [5.41, 5.74) is 2.83. The normalized spacial score (nSPS) is 19.2. The minimum Gasteiger partial charge on any atom is -0.497 e. The molecule has 3 nitrogen and oxygen atoms in total. The second-order valence-electron chi connectivity index (χ2n) is 4.13. The van der Waals surface area contributed by atoms with Gasteiger partial charge in [-0.05, 0) is 42.8 Å². The highest BCUT2D eigenvalue weighted by atomic mass is 16.5. The van der Waals surface area contributed by atoms with E-state index in [9.17, 15) is 0 Å². The Hall–Kier alpha value is -1.06. The summed E-state index contributed by atoms with van der Waals surface area (Å²) >= 11 is 0. The van der Waals surface area contributed by atoms with Crippen LogP contribution >= 0.6 is 0 Å². The lowest BCUT2D eigenvalue weighted by atomic mass is 9.94. The highest BCUT2D eigenvalue weighted by molar-refractivity contribution is 5.39. The second-order valence-corrected chi connectivity index (χ2v) is 4.13. The first-order valence-corrected chi connectivity index (χ1v) is 5.96. The Morgan fingerprint density at radius 3 is 3.12 bits per heavy atom. The molecular formula is C13H20N2O. The first kappa shape index (κ1) is 11.4. The molecule has 0 fully saturated rings. The van der Waals surface area contributed by atoms with Gasteiger partial charge in [0.25, 0.3) is 0 Å². The molecule has 0 saturated heterocycles. The molecule has 1 aromatic rings. The van der Waals surface area contributed by atoms with Gasteiger partial charge in [-0.3, -0.25) is 0 Å². The van der Waals surface area contributed by atoms with Gasteiger partial charge in [0.2, 0.25) is 0 Å². The van der Waals surface area contributed by atoms with Crippen molar-refractivity contribution in [3.8, 4) is 5.75 Å². The molecule has 0 amide bonds. The third-order valence-electron chi connectivity index (χ3n) is 3.11. The summed E-state index contributed by atoms with van der Waals surface area (Å²) in [4.78, 5) is 0. The van der Waals surface area contributed by atoms with E-state index in [4.69, 9.17) is 4.74 Å². The van der Waals surface area contributed by atoms with Gasteiger partial charge in [-0.1, -0.05) is 13.0 Å². The van der Waals surface area contributed by atoms with Crippen LogP contribution in [0.2, 0.25) is 0 Å². The molecular weight excluding hydrogens is 200 g/mol. The van der Waals surface area contributed by atoms with Gasteiger partial charge in [-0.15, -0.1) is 0 Å². The highest BCUT2D eigenvalue weighted by Crippen LogP contribution is 2.26. The SMILES string of the molecule is CCNCC1NCCc2cc(OC)ccc21. The molecule has 1 aromatic carbocycles. The first-order chi connectivity index (χ1) is 7.85. The third kappa shape index (κ3) is 2.36. The summed E-state index contributed by atoms with van der Waals surface area (Å²) in [7, 11) is 1.72. The molecule has 1 aliphatic rings. The average Bonchev–Trinajstić information content (AvgIpc) is 2.35. The monoisotopic (exact) mass is 220 g/mol. The van der Waals surface area contributed by atoms with Crippen LogP contribution in [0, 0.1) is 0 Å². The van der Waals surface area contributed by atoms with Crippen LogP contribution < -0.4 is 15.4 Å². The Bertz CT molecular complexity index is 352. The van der Waals surface area contributed by atoms with Crippen LogP contribution in [-0.4, -0.2) is 26.7 Å². The van der Waals surface area contributed by atoms with Gasteiger partial charge in [0.1, 0.15) is 5.75 Å². The zero-order valence-electron chi connectivity index (χ0n) is 10.0. The summed E-state index contributed by atoms with van der Waals surface area (Å²) in [5, 5.41) is 6.94. The lowest BCUT2D eigenvalue weighted by Gasteiger charge is -2.27. The molecule has 2 N–H and O–H groups in total. The van der Waals surface area contributed by atoms with Crippen LogP contribution in [0.25, 0.3) is 0 Å².